The van der Waals surface area contributed by atoms with Gasteiger partial charge in [0.25, 0.3) is 11.5 Å². The van der Waals surface area contributed by atoms with Gasteiger partial charge in [0.1, 0.15) is 11.0 Å². The van der Waals surface area contributed by atoms with Crippen molar-refractivity contribution in [3.63, 3.8) is 0 Å². The number of benzene rings is 1. The first-order valence-corrected chi connectivity index (χ1v) is 8.64. The molecule has 3 aromatic heterocycles. The molecule has 10 heteroatoms. The molecule has 0 aliphatic heterocycles. The molecule has 0 aliphatic carbocycles. The highest BCUT2D eigenvalue weighted by molar-refractivity contribution is 7.17. The van der Waals surface area contributed by atoms with Crippen LogP contribution in [-0.4, -0.2) is 42.2 Å². The zero-order valence-corrected chi connectivity index (χ0v) is 14.3. The number of hydrogen-bond acceptors (Lipinski definition) is 7. The zero-order chi connectivity index (χ0) is 17.9. The van der Waals surface area contributed by atoms with Crippen LogP contribution < -0.4 is 10.9 Å². The highest BCUT2D eigenvalue weighted by atomic mass is 32.1. The van der Waals surface area contributed by atoms with E-state index in [2.05, 4.69) is 25.8 Å². The van der Waals surface area contributed by atoms with Gasteiger partial charge in [-0.3, -0.25) is 14.2 Å². The minimum absolute atomic E-state index is 0.0973. The van der Waals surface area contributed by atoms with Crippen molar-refractivity contribution in [2.45, 2.75) is 6.54 Å². The molecule has 0 radical (unpaired) electrons. The molecule has 4 rings (SSSR count). The summed E-state index contributed by atoms with van der Waals surface area (Å²) in [5.74, 6) is -0.238. The van der Waals surface area contributed by atoms with Crippen LogP contribution in [-0.2, 0) is 6.54 Å². The molecule has 9 nitrogen and oxygen atoms in total. The maximum atomic E-state index is 12.3. The molecule has 0 atom stereocenters. The average Bonchev–Trinajstić information content (AvgIpc) is 3.35. The minimum Gasteiger partial charge on any atom is -0.350 e. The first-order chi connectivity index (χ1) is 12.7. The molecule has 26 heavy (non-hydrogen) atoms. The van der Waals surface area contributed by atoms with Gasteiger partial charge in [-0.25, -0.2) is 9.67 Å². The van der Waals surface area contributed by atoms with Crippen LogP contribution in [0.15, 0.2) is 53.2 Å². The molecule has 1 N–H and O–H groups in total. The van der Waals surface area contributed by atoms with Crippen LogP contribution in [0, 0.1) is 0 Å². The van der Waals surface area contributed by atoms with Crippen molar-refractivity contribution in [2.24, 2.45) is 0 Å². The van der Waals surface area contributed by atoms with E-state index in [1.165, 1.54) is 33.2 Å². The van der Waals surface area contributed by atoms with E-state index in [1.54, 1.807) is 24.3 Å². The molecule has 0 unspecified atom stereocenters. The van der Waals surface area contributed by atoms with E-state index in [0.29, 0.717) is 34.6 Å². The van der Waals surface area contributed by atoms with Crippen molar-refractivity contribution in [3.05, 3.63) is 64.3 Å². The van der Waals surface area contributed by atoms with E-state index in [1.807, 2.05) is 11.4 Å². The fourth-order valence-electron chi connectivity index (χ4n) is 2.50. The standard InChI is InChI=1S/C16H13N7O2S/c24-15(11-2-1-3-12(8-11)23-10-19-20-21-23)17-5-6-22-9-18-13-4-7-26-14(13)16(22)25/h1-4,7-10H,5-6H2,(H,17,24). The fraction of sp³-hybridized carbons (Fsp3) is 0.125. The van der Waals surface area contributed by atoms with E-state index >= 15 is 0 Å². The second-order valence-electron chi connectivity index (χ2n) is 5.44. The number of carbonyl (C=O) groups is 1. The largest absolute Gasteiger partial charge is 0.350 e. The lowest BCUT2D eigenvalue weighted by molar-refractivity contribution is 0.0952. The number of nitrogens with one attached hydrogen (secondary N) is 1. The third-order valence-corrected chi connectivity index (χ3v) is 4.69. The Bertz CT molecular complexity index is 1120. The molecule has 0 spiro atoms. The summed E-state index contributed by atoms with van der Waals surface area (Å²) in [4.78, 5) is 28.9. The van der Waals surface area contributed by atoms with Gasteiger partial charge in [-0.15, -0.1) is 16.4 Å². The van der Waals surface area contributed by atoms with Crippen LogP contribution >= 0.6 is 11.3 Å². The molecule has 0 bridgehead atoms. The van der Waals surface area contributed by atoms with Crippen LogP contribution in [0.25, 0.3) is 15.9 Å². The number of fused-ring (bicyclic) bond motifs is 1. The molecule has 3 heterocycles. The summed E-state index contributed by atoms with van der Waals surface area (Å²) < 4.78 is 3.59. The SMILES string of the molecule is O=C(NCCn1cnc2ccsc2c1=O)c1cccc(-n2cnnn2)c1. The molecule has 0 fully saturated rings. The third-order valence-electron chi connectivity index (χ3n) is 3.80. The number of carbonyl (C=O) groups excluding carboxylic acids is 1. The highest BCUT2D eigenvalue weighted by Gasteiger charge is 2.09. The van der Waals surface area contributed by atoms with Gasteiger partial charge in [0, 0.05) is 18.7 Å². The predicted octanol–water partition coefficient (Wildman–Crippen LogP) is 0.864. The van der Waals surface area contributed by atoms with E-state index < -0.39 is 0 Å². The molecular weight excluding hydrogens is 354 g/mol. The molecule has 1 aromatic carbocycles. The Kier molecular flexibility index (Phi) is 4.23. The smallest absolute Gasteiger partial charge is 0.271 e. The summed E-state index contributed by atoms with van der Waals surface area (Å²) in [6, 6.07) is 8.76. The third kappa shape index (κ3) is 3.09. The van der Waals surface area contributed by atoms with Crippen LogP contribution in [0.4, 0.5) is 0 Å². The second-order valence-corrected chi connectivity index (χ2v) is 6.35. The summed E-state index contributed by atoms with van der Waals surface area (Å²) in [5.41, 5.74) is 1.77. The molecule has 0 saturated carbocycles. The Hall–Kier alpha value is -3.40. The predicted molar refractivity (Wildman–Crippen MR) is 95.4 cm³/mol. The van der Waals surface area contributed by atoms with Crippen molar-refractivity contribution >= 4 is 27.5 Å². The Labute approximate surface area is 150 Å². The molecule has 130 valence electrons. The lowest BCUT2D eigenvalue weighted by atomic mass is 10.2. The maximum Gasteiger partial charge on any atom is 0.271 e. The Morgan fingerprint density at radius 1 is 1.23 bits per heavy atom. The van der Waals surface area contributed by atoms with E-state index in [4.69, 9.17) is 0 Å². The number of hydrogen-bond donors (Lipinski definition) is 1. The minimum atomic E-state index is -0.238. The Morgan fingerprint density at radius 2 is 2.15 bits per heavy atom. The summed E-state index contributed by atoms with van der Waals surface area (Å²) in [7, 11) is 0. The molecule has 0 aliphatic rings. The monoisotopic (exact) mass is 367 g/mol. The first kappa shape index (κ1) is 16.1. The van der Waals surface area contributed by atoms with Gasteiger partial charge in [0.05, 0.1) is 17.5 Å². The van der Waals surface area contributed by atoms with Crippen LogP contribution in [0.3, 0.4) is 0 Å². The number of tetrazole rings is 1. The highest BCUT2D eigenvalue weighted by Crippen LogP contribution is 2.13. The van der Waals surface area contributed by atoms with Gasteiger partial charge in [-0.05, 0) is 40.1 Å². The topological polar surface area (TPSA) is 108 Å². The summed E-state index contributed by atoms with van der Waals surface area (Å²) in [6.07, 6.45) is 2.96. The van der Waals surface area contributed by atoms with Gasteiger partial charge in [-0.2, -0.15) is 0 Å². The number of rotatable bonds is 5. The van der Waals surface area contributed by atoms with Crippen molar-refractivity contribution in [3.8, 4) is 5.69 Å². The molecular formula is C16H13N7O2S. The lowest BCUT2D eigenvalue weighted by Crippen LogP contribution is -2.30. The quantitative estimate of drug-likeness (QED) is 0.561. The summed E-state index contributed by atoms with van der Waals surface area (Å²) >= 11 is 1.36. The van der Waals surface area contributed by atoms with Crippen LogP contribution in [0.5, 0.6) is 0 Å². The summed E-state index contributed by atoms with van der Waals surface area (Å²) in [6.45, 7) is 0.657. The van der Waals surface area contributed by atoms with Crippen molar-refractivity contribution in [2.75, 3.05) is 6.54 Å². The average molecular weight is 367 g/mol. The van der Waals surface area contributed by atoms with Crippen molar-refractivity contribution in [1.29, 1.82) is 0 Å². The maximum absolute atomic E-state index is 12.3. The van der Waals surface area contributed by atoms with Gasteiger partial charge < -0.3 is 5.32 Å². The normalized spacial score (nSPS) is 10.9. The van der Waals surface area contributed by atoms with Gasteiger partial charge in [-0.1, -0.05) is 6.07 Å². The molecule has 0 saturated heterocycles. The fourth-order valence-corrected chi connectivity index (χ4v) is 3.29. The first-order valence-electron chi connectivity index (χ1n) is 7.76. The van der Waals surface area contributed by atoms with Gasteiger partial charge >= 0.3 is 0 Å². The number of thiophene rings is 1. The number of nitrogens with zero attached hydrogens (tertiary/aromatic N) is 6. The van der Waals surface area contributed by atoms with E-state index in [0.717, 1.165) is 0 Å². The number of amides is 1. The van der Waals surface area contributed by atoms with E-state index in [9.17, 15) is 9.59 Å². The summed E-state index contributed by atoms with van der Waals surface area (Å²) in [5, 5.41) is 15.6. The van der Waals surface area contributed by atoms with Crippen molar-refractivity contribution < 1.29 is 4.79 Å². The van der Waals surface area contributed by atoms with E-state index in [-0.39, 0.29) is 11.5 Å². The molecule has 1 amide bonds. The zero-order valence-electron chi connectivity index (χ0n) is 13.4. The lowest BCUT2D eigenvalue weighted by Gasteiger charge is -2.08. The Balaban J connectivity index is 1.43. The van der Waals surface area contributed by atoms with Gasteiger partial charge in [0.2, 0.25) is 0 Å². The molecule has 4 aromatic rings. The number of aromatic nitrogens is 6. The Morgan fingerprint density at radius 3 is 3.00 bits per heavy atom. The van der Waals surface area contributed by atoms with Crippen molar-refractivity contribution in [1.82, 2.24) is 35.1 Å². The second kappa shape index (κ2) is 6.84. The van der Waals surface area contributed by atoms with Crippen LogP contribution in [0.2, 0.25) is 0 Å². The van der Waals surface area contributed by atoms with Crippen LogP contribution in [0.1, 0.15) is 10.4 Å². The van der Waals surface area contributed by atoms with Gasteiger partial charge in [0.15, 0.2) is 0 Å².